The number of piperidine rings is 1. The monoisotopic (exact) mass is 507 g/mol. The molecule has 6 heteroatoms. The Morgan fingerprint density at radius 3 is 2.38 bits per heavy atom. The quantitative estimate of drug-likeness (QED) is 0.494. The minimum absolute atomic E-state index is 0.277. The number of likely N-dealkylation sites (N-methyl/N-ethyl adjacent to an activating group) is 1. The van der Waals surface area contributed by atoms with Crippen LogP contribution in [-0.2, 0) is 22.5 Å². The Morgan fingerprint density at radius 2 is 1.78 bits per heavy atom. The molecular weight excluding hydrogens is 462 g/mol. The molecule has 1 aromatic heterocycles. The number of hydrogen-bond donors (Lipinski definition) is 1. The number of rotatable bonds is 6. The number of aliphatic carboxylic acids is 1. The van der Waals surface area contributed by atoms with Crippen LogP contribution in [0.25, 0.3) is 11.1 Å². The molecule has 1 unspecified atom stereocenters. The number of ether oxygens (including phenoxy) is 1. The third-order valence-corrected chi connectivity index (χ3v) is 8.00. The van der Waals surface area contributed by atoms with Crippen LogP contribution in [0.2, 0.25) is 0 Å². The van der Waals surface area contributed by atoms with Crippen molar-refractivity contribution in [2.45, 2.75) is 92.9 Å². The maximum atomic E-state index is 12.7. The van der Waals surface area contributed by atoms with E-state index in [4.69, 9.17) is 9.72 Å². The van der Waals surface area contributed by atoms with Crippen LogP contribution in [0.1, 0.15) is 88.6 Å². The molecule has 1 aromatic carbocycles. The fourth-order valence-electron chi connectivity index (χ4n) is 5.79. The van der Waals surface area contributed by atoms with Gasteiger partial charge in [0.25, 0.3) is 0 Å². The zero-order valence-electron chi connectivity index (χ0n) is 24.1. The van der Waals surface area contributed by atoms with Crippen LogP contribution in [0, 0.1) is 19.3 Å². The first-order valence-corrected chi connectivity index (χ1v) is 13.8. The highest BCUT2D eigenvalue weighted by Crippen LogP contribution is 2.45. The number of carboxylic acid groups (broad SMARTS) is 1. The Kier molecular flexibility index (Phi) is 7.74. The molecule has 0 spiro atoms. The van der Waals surface area contributed by atoms with E-state index in [1.807, 2.05) is 27.7 Å². The summed E-state index contributed by atoms with van der Waals surface area (Å²) in [7, 11) is 0. The lowest BCUT2D eigenvalue weighted by molar-refractivity contribution is -0.160. The van der Waals surface area contributed by atoms with Crippen LogP contribution in [0.5, 0.6) is 0 Å². The van der Waals surface area contributed by atoms with Crippen LogP contribution in [0.4, 0.5) is 5.69 Å². The Balaban J connectivity index is 1.92. The highest BCUT2D eigenvalue weighted by molar-refractivity contribution is 5.88. The number of anilines is 1. The Hall–Kier alpha value is -2.44. The first kappa shape index (κ1) is 27.6. The predicted octanol–water partition coefficient (Wildman–Crippen LogP) is 6.31. The van der Waals surface area contributed by atoms with E-state index in [2.05, 4.69) is 55.7 Å². The lowest BCUT2D eigenvalue weighted by Crippen LogP contribution is -2.39. The molecule has 0 bridgehead atoms. The van der Waals surface area contributed by atoms with Gasteiger partial charge in [-0.05, 0) is 82.5 Å². The fraction of sp³-hybridized carbons (Fsp3) is 0.613. The largest absolute Gasteiger partial charge is 0.479 e. The zero-order chi connectivity index (χ0) is 27.1. The molecule has 6 nitrogen and oxygen atoms in total. The molecule has 202 valence electrons. The summed E-state index contributed by atoms with van der Waals surface area (Å²) >= 11 is 0. The number of pyridine rings is 1. The van der Waals surface area contributed by atoms with Crippen molar-refractivity contribution >= 4 is 11.7 Å². The highest BCUT2D eigenvalue weighted by atomic mass is 16.5. The van der Waals surface area contributed by atoms with Gasteiger partial charge in [-0.1, -0.05) is 39.0 Å². The van der Waals surface area contributed by atoms with Crippen LogP contribution in [0.15, 0.2) is 18.2 Å². The van der Waals surface area contributed by atoms with Crippen molar-refractivity contribution in [3.8, 4) is 11.1 Å². The van der Waals surface area contributed by atoms with Crippen molar-refractivity contribution in [1.29, 1.82) is 0 Å². The molecule has 2 aliphatic rings. The summed E-state index contributed by atoms with van der Waals surface area (Å²) in [6, 6.07) is 6.79. The number of benzene rings is 1. The Bertz CT molecular complexity index is 1160. The first-order chi connectivity index (χ1) is 17.3. The summed E-state index contributed by atoms with van der Waals surface area (Å²) in [6.45, 7) is 21.4. The molecule has 3 heterocycles. The number of aromatic nitrogens is 1. The van der Waals surface area contributed by atoms with Crippen molar-refractivity contribution in [3.05, 3.63) is 46.3 Å². The van der Waals surface area contributed by atoms with Gasteiger partial charge in [0.2, 0.25) is 0 Å². The normalized spacial score (nSPS) is 19.0. The van der Waals surface area contributed by atoms with E-state index in [1.165, 1.54) is 11.1 Å². The van der Waals surface area contributed by atoms with Crippen LogP contribution in [0.3, 0.4) is 0 Å². The van der Waals surface area contributed by atoms with Crippen molar-refractivity contribution in [1.82, 2.24) is 9.88 Å². The molecule has 0 aliphatic carbocycles. The molecule has 0 saturated carbocycles. The first-order valence-electron chi connectivity index (χ1n) is 13.8. The number of aryl methyl sites for hydroxylation is 2. The summed E-state index contributed by atoms with van der Waals surface area (Å²) in [6.07, 6.45) is 2.05. The summed E-state index contributed by atoms with van der Waals surface area (Å²) in [5, 5.41) is 10.4. The predicted molar refractivity (Wildman–Crippen MR) is 150 cm³/mol. The van der Waals surface area contributed by atoms with E-state index in [9.17, 15) is 9.90 Å². The second-order valence-corrected chi connectivity index (χ2v) is 12.6. The Morgan fingerprint density at radius 1 is 1.11 bits per heavy atom. The van der Waals surface area contributed by atoms with Gasteiger partial charge >= 0.3 is 5.97 Å². The fourth-order valence-corrected chi connectivity index (χ4v) is 5.79. The molecule has 37 heavy (non-hydrogen) atoms. The number of carboxylic acids is 1. The van der Waals surface area contributed by atoms with Gasteiger partial charge in [-0.3, -0.25) is 9.88 Å². The van der Waals surface area contributed by atoms with Crippen LogP contribution in [-0.4, -0.2) is 52.7 Å². The molecule has 1 atom stereocenters. The molecule has 2 aromatic rings. The van der Waals surface area contributed by atoms with Gasteiger partial charge in [0.15, 0.2) is 6.10 Å². The summed E-state index contributed by atoms with van der Waals surface area (Å²) < 4.78 is 6.21. The standard InChI is InChI=1S/C31H45N3O3/c1-9-33-15-12-22-18-23(10-11-24(22)19-33)25-20(2)32-21(3)26(28(29(35)36)37-30(4,5)6)27(25)34-16-13-31(7,8)14-17-34/h10-11,18,28H,9,12-17,19H2,1-8H3,(H,35,36). The average molecular weight is 508 g/mol. The van der Waals surface area contributed by atoms with Gasteiger partial charge in [-0.25, -0.2) is 4.79 Å². The third-order valence-electron chi connectivity index (χ3n) is 8.00. The molecule has 1 fully saturated rings. The second kappa shape index (κ2) is 10.4. The van der Waals surface area contributed by atoms with Gasteiger partial charge < -0.3 is 14.7 Å². The maximum absolute atomic E-state index is 12.7. The van der Waals surface area contributed by atoms with E-state index in [0.29, 0.717) is 5.56 Å². The second-order valence-electron chi connectivity index (χ2n) is 12.6. The smallest absolute Gasteiger partial charge is 0.337 e. The number of nitrogens with zero attached hydrogens (tertiary/aromatic N) is 3. The summed E-state index contributed by atoms with van der Waals surface area (Å²) in [5.74, 6) is -0.974. The van der Waals surface area contributed by atoms with E-state index >= 15 is 0 Å². The SMILES string of the molecule is CCN1CCc2cc(-c3c(C)nc(C)c(C(OC(C)(C)C)C(=O)O)c3N3CCC(C)(C)CC3)ccc2C1. The van der Waals surface area contributed by atoms with E-state index in [-0.39, 0.29) is 5.41 Å². The van der Waals surface area contributed by atoms with Crippen LogP contribution >= 0.6 is 0 Å². The molecule has 1 N–H and O–H groups in total. The van der Waals surface area contributed by atoms with Gasteiger partial charge in [0.1, 0.15) is 0 Å². The number of fused-ring (bicyclic) bond motifs is 1. The van der Waals surface area contributed by atoms with E-state index in [0.717, 1.165) is 80.2 Å². The van der Waals surface area contributed by atoms with Gasteiger partial charge in [0.05, 0.1) is 11.3 Å². The Labute approximate surface area is 223 Å². The molecular formula is C31H45N3O3. The lowest BCUT2D eigenvalue weighted by Gasteiger charge is -2.41. The van der Waals surface area contributed by atoms with Gasteiger partial charge in [0, 0.05) is 48.7 Å². The highest BCUT2D eigenvalue weighted by Gasteiger charge is 2.36. The van der Waals surface area contributed by atoms with Crippen molar-refractivity contribution in [2.75, 3.05) is 31.1 Å². The van der Waals surface area contributed by atoms with Crippen molar-refractivity contribution < 1.29 is 14.6 Å². The zero-order valence-corrected chi connectivity index (χ0v) is 24.1. The average Bonchev–Trinajstić information content (AvgIpc) is 2.81. The maximum Gasteiger partial charge on any atom is 0.337 e. The van der Waals surface area contributed by atoms with Crippen molar-refractivity contribution in [2.24, 2.45) is 5.41 Å². The van der Waals surface area contributed by atoms with E-state index in [1.54, 1.807) is 0 Å². The number of hydrogen-bond acceptors (Lipinski definition) is 5. The lowest BCUT2D eigenvalue weighted by atomic mass is 9.81. The van der Waals surface area contributed by atoms with Crippen LogP contribution < -0.4 is 4.90 Å². The van der Waals surface area contributed by atoms with E-state index < -0.39 is 17.7 Å². The molecule has 2 aliphatic heterocycles. The molecule has 1 saturated heterocycles. The molecule has 4 rings (SSSR count). The number of carbonyl (C=O) groups is 1. The minimum Gasteiger partial charge on any atom is -0.479 e. The topological polar surface area (TPSA) is 65.9 Å². The third kappa shape index (κ3) is 6.01. The van der Waals surface area contributed by atoms with Gasteiger partial charge in [-0.15, -0.1) is 0 Å². The van der Waals surface area contributed by atoms with Gasteiger partial charge in [-0.2, -0.15) is 0 Å². The van der Waals surface area contributed by atoms with Crippen molar-refractivity contribution in [3.63, 3.8) is 0 Å². The molecule has 0 radical (unpaired) electrons. The summed E-state index contributed by atoms with van der Waals surface area (Å²) in [4.78, 5) is 22.5. The molecule has 0 amide bonds. The minimum atomic E-state index is -1.09. The summed E-state index contributed by atoms with van der Waals surface area (Å²) in [5.41, 5.74) is 7.95.